The molecule has 0 amide bonds. The van der Waals surface area contributed by atoms with Gasteiger partial charge >= 0.3 is 6.18 Å². The fourth-order valence-electron chi connectivity index (χ4n) is 1.89. The molecular weight excluding hydrogens is 338 g/mol. The lowest BCUT2D eigenvalue weighted by atomic mass is 10.0. The Balaban J connectivity index is 0.00000242. The molecule has 0 aromatic heterocycles. The summed E-state index contributed by atoms with van der Waals surface area (Å²) >= 11 is 5.86. The molecule has 2 aromatic rings. The van der Waals surface area contributed by atoms with Gasteiger partial charge in [0, 0.05) is 11.6 Å². The summed E-state index contributed by atoms with van der Waals surface area (Å²) in [6.45, 7) is 0.174. The van der Waals surface area contributed by atoms with Crippen LogP contribution in [0.25, 0.3) is 11.1 Å². The molecule has 0 aliphatic carbocycles. The quantitative estimate of drug-likeness (QED) is 0.859. The molecule has 2 rings (SSSR count). The van der Waals surface area contributed by atoms with Crippen LogP contribution in [0.3, 0.4) is 0 Å². The smallest absolute Gasteiger partial charge is 0.419 e. The number of hydrogen-bond donors (Lipinski definition) is 1. The van der Waals surface area contributed by atoms with Gasteiger partial charge < -0.3 is 10.5 Å². The van der Waals surface area contributed by atoms with Crippen molar-refractivity contribution in [3.8, 4) is 16.9 Å². The maximum absolute atomic E-state index is 13.1. The minimum Gasteiger partial charge on any atom is -0.492 e. The van der Waals surface area contributed by atoms with E-state index in [1.165, 1.54) is 6.07 Å². The zero-order valence-corrected chi connectivity index (χ0v) is 12.9. The van der Waals surface area contributed by atoms with Gasteiger partial charge in [-0.1, -0.05) is 29.8 Å². The highest BCUT2D eigenvalue weighted by molar-refractivity contribution is 6.30. The van der Waals surface area contributed by atoms with Crippen LogP contribution >= 0.6 is 24.0 Å². The molecule has 0 fully saturated rings. The van der Waals surface area contributed by atoms with E-state index < -0.39 is 11.7 Å². The fourth-order valence-corrected chi connectivity index (χ4v) is 2.08. The Morgan fingerprint density at radius 1 is 1.05 bits per heavy atom. The number of alkyl halides is 3. The summed E-state index contributed by atoms with van der Waals surface area (Å²) in [7, 11) is 0. The number of ether oxygens (including phenoxy) is 1. The Morgan fingerprint density at radius 2 is 1.73 bits per heavy atom. The van der Waals surface area contributed by atoms with E-state index in [9.17, 15) is 13.2 Å². The largest absolute Gasteiger partial charge is 0.492 e. The molecule has 0 saturated carbocycles. The van der Waals surface area contributed by atoms with Crippen molar-refractivity contribution in [2.75, 3.05) is 13.2 Å². The molecule has 0 bridgehead atoms. The normalized spacial score (nSPS) is 11.0. The highest BCUT2D eigenvalue weighted by Gasteiger charge is 2.34. The third-order valence-corrected chi connectivity index (χ3v) is 3.05. The van der Waals surface area contributed by atoms with Gasteiger partial charge in [-0.15, -0.1) is 12.4 Å². The Bertz CT molecular complexity index is 632. The van der Waals surface area contributed by atoms with E-state index in [0.717, 1.165) is 6.07 Å². The Morgan fingerprint density at radius 3 is 2.32 bits per heavy atom. The summed E-state index contributed by atoms with van der Waals surface area (Å²) in [5.41, 5.74) is 5.46. The van der Waals surface area contributed by atoms with Crippen LogP contribution in [-0.2, 0) is 6.18 Å². The molecule has 22 heavy (non-hydrogen) atoms. The number of halogens is 5. The van der Waals surface area contributed by atoms with Gasteiger partial charge in [0.15, 0.2) is 0 Å². The minimum atomic E-state index is -4.50. The van der Waals surface area contributed by atoms with Gasteiger partial charge in [0.2, 0.25) is 0 Å². The van der Waals surface area contributed by atoms with Crippen molar-refractivity contribution in [1.82, 2.24) is 0 Å². The molecule has 0 unspecified atom stereocenters. The molecule has 0 radical (unpaired) electrons. The second-order valence-electron chi connectivity index (χ2n) is 4.36. The predicted molar refractivity (Wildman–Crippen MR) is 83.7 cm³/mol. The minimum absolute atomic E-state index is 0. The van der Waals surface area contributed by atoms with Gasteiger partial charge in [-0.3, -0.25) is 0 Å². The van der Waals surface area contributed by atoms with Crippen LogP contribution < -0.4 is 10.5 Å². The molecule has 0 spiro atoms. The lowest BCUT2D eigenvalue weighted by molar-refractivity contribution is -0.138. The van der Waals surface area contributed by atoms with Crippen LogP contribution in [-0.4, -0.2) is 13.2 Å². The van der Waals surface area contributed by atoms with E-state index in [2.05, 4.69) is 0 Å². The van der Waals surface area contributed by atoms with E-state index >= 15 is 0 Å². The molecule has 2 aromatic carbocycles. The molecule has 2 N–H and O–H groups in total. The van der Waals surface area contributed by atoms with E-state index in [-0.39, 0.29) is 31.3 Å². The van der Waals surface area contributed by atoms with Gasteiger partial charge in [-0.05, 0) is 35.4 Å². The SMILES string of the molecule is Cl.NCCOc1ccc(-c2cccc(Cl)c2)cc1C(F)(F)F. The number of benzene rings is 2. The number of hydrogen-bond acceptors (Lipinski definition) is 2. The van der Waals surface area contributed by atoms with E-state index in [1.54, 1.807) is 30.3 Å². The van der Waals surface area contributed by atoms with Gasteiger partial charge in [-0.25, -0.2) is 0 Å². The summed E-state index contributed by atoms with van der Waals surface area (Å²) in [5, 5.41) is 0.463. The molecule has 0 atom stereocenters. The van der Waals surface area contributed by atoms with Crippen LogP contribution in [0.5, 0.6) is 5.75 Å². The Kier molecular flexibility index (Phi) is 6.53. The van der Waals surface area contributed by atoms with Gasteiger partial charge in [0.05, 0.1) is 5.56 Å². The lowest BCUT2D eigenvalue weighted by Crippen LogP contribution is -2.14. The number of nitrogens with two attached hydrogens (primary N) is 1. The average molecular weight is 352 g/mol. The third-order valence-electron chi connectivity index (χ3n) is 2.82. The molecule has 0 aliphatic rings. The standard InChI is InChI=1S/C15H13ClF3NO.ClH/c16-12-3-1-2-10(8-12)11-4-5-14(21-7-6-20)13(9-11)15(17,18)19;/h1-5,8-9H,6-7,20H2;1H. The Labute approximate surface area is 137 Å². The summed E-state index contributed by atoms with van der Waals surface area (Å²) in [5.74, 6) is -0.223. The summed E-state index contributed by atoms with van der Waals surface area (Å²) in [6, 6.07) is 10.6. The van der Waals surface area contributed by atoms with Crippen LogP contribution in [0.2, 0.25) is 5.02 Å². The number of rotatable bonds is 4. The van der Waals surface area contributed by atoms with Crippen LogP contribution in [0.4, 0.5) is 13.2 Å². The summed E-state index contributed by atoms with van der Waals surface area (Å²) < 4.78 is 44.4. The van der Waals surface area contributed by atoms with Crippen molar-refractivity contribution in [2.24, 2.45) is 5.73 Å². The van der Waals surface area contributed by atoms with E-state index in [0.29, 0.717) is 16.1 Å². The molecule has 2 nitrogen and oxygen atoms in total. The first-order chi connectivity index (χ1) is 9.91. The van der Waals surface area contributed by atoms with Gasteiger partial charge in [-0.2, -0.15) is 13.2 Å². The second kappa shape index (κ2) is 7.72. The van der Waals surface area contributed by atoms with Crippen molar-refractivity contribution < 1.29 is 17.9 Å². The van der Waals surface area contributed by atoms with Crippen LogP contribution in [0, 0.1) is 0 Å². The topological polar surface area (TPSA) is 35.2 Å². The van der Waals surface area contributed by atoms with Crippen LogP contribution in [0.15, 0.2) is 42.5 Å². The van der Waals surface area contributed by atoms with Crippen molar-refractivity contribution in [3.63, 3.8) is 0 Å². The predicted octanol–water partition coefficient (Wildman–Crippen LogP) is 4.79. The molecule has 0 heterocycles. The second-order valence-corrected chi connectivity index (χ2v) is 4.79. The molecule has 0 saturated heterocycles. The zero-order chi connectivity index (χ0) is 15.5. The highest BCUT2D eigenvalue weighted by atomic mass is 35.5. The molecule has 7 heteroatoms. The van der Waals surface area contributed by atoms with Crippen molar-refractivity contribution >= 4 is 24.0 Å². The summed E-state index contributed by atoms with van der Waals surface area (Å²) in [4.78, 5) is 0. The first-order valence-corrected chi connectivity index (χ1v) is 6.59. The lowest BCUT2D eigenvalue weighted by Gasteiger charge is -2.15. The maximum atomic E-state index is 13.1. The van der Waals surface area contributed by atoms with Crippen molar-refractivity contribution in [2.45, 2.75) is 6.18 Å². The average Bonchev–Trinajstić information content (AvgIpc) is 2.44. The van der Waals surface area contributed by atoms with E-state index in [4.69, 9.17) is 22.1 Å². The Hall–Kier alpha value is -1.43. The molecular formula is C15H14Cl2F3NO. The van der Waals surface area contributed by atoms with Crippen molar-refractivity contribution in [3.05, 3.63) is 53.1 Å². The van der Waals surface area contributed by atoms with Crippen LogP contribution in [0.1, 0.15) is 5.56 Å². The fraction of sp³-hybridized carbons (Fsp3) is 0.200. The molecule has 120 valence electrons. The first-order valence-electron chi connectivity index (χ1n) is 6.22. The highest BCUT2D eigenvalue weighted by Crippen LogP contribution is 2.39. The van der Waals surface area contributed by atoms with E-state index in [1.807, 2.05) is 0 Å². The first kappa shape index (κ1) is 18.6. The zero-order valence-electron chi connectivity index (χ0n) is 11.4. The molecule has 0 aliphatic heterocycles. The monoisotopic (exact) mass is 351 g/mol. The summed E-state index contributed by atoms with van der Waals surface area (Å²) in [6.07, 6.45) is -4.50. The maximum Gasteiger partial charge on any atom is 0.419 e. The van der Waals surface area contributed by atoms with Gasteiger partial charge in [0.25, 0.3) is 0 Å². The third kappa shape index (κ3) is 4.53. The van der Waals surface area contributed by atoms with Crippen molar-refractivity contribution in [1.29, 1.82) is 0 Å². The van der Waals surface area contributed by atoms with Gasteiger partial charge in [0.1, 0.15) is 12.4 Å².